The Morgan fingerprint density at radius 2 is 1.85 bits per heavy atom. The van der Waals surface area contributed by atoms with E-state index in [1.807, 2.05) is 6.07 Å². The molecule has 0 heterocycles. The molecule has 0 aliphatic rings. The van der Waals surface area contributed by atoms with E-state index in [2.05, 4.69) is 54.5 Å². The molecule has 2 heteroatoms. The fourth-order valence-corrected chi connectivity index (χ4v) is 1.55. The first kappa shape index (κ1) is 12.2. The maximum atomic E-state index is 6.50. The summed E-state index contributed by atoms with van der Waals surface area (Å²) in [5, 5.41) is 6.50. The molecule has 0 spiro atoms. The molecule has 0 saturated heterocycles. The largest absolute Gasteiger partial charge is 0.202 e. The summed E-state index contributed by atoms with van der Waals surface area (Å²) in [7, 11) is 0. The minimum absolute atomic E-state index is 0.730. The highest BCUT2D eigenvalue weighted by Crippen LogP contribution is 2.18. The number of nitrogens with zero attached hydrogens (tertiary/aromatic N) is 1. The van der Waals surface area contributed by atoms with E-state index in [0.29, 0.717) is 0 Å². The van der Waals surface area contributed by atoms with Crippen LogP contribution in [0.15, 0.2) is 28.7 Å². The molecule has 0 radical (unpaired) electrons. The van der Waals surface area contributed by atoms with Crippen LogP contribution in [0.5, 0.6) is 0 Å². The minimum Gasteiger partial charge on any atom is -0.202 e. The molecule has 0 aliphatic heterocycles. The Bertz CT molecular complexity index is 266. The molecule has 70 valence electrons. The molecule has 1 nitrogen and oxygen atoms in total. The van der Waals surface area contributed by atoms with Crippen molar-refractivity contribution in [3.05, 3.63) is 34.3 Å². The lowest BCUT2D eigenvalue weighted by molar-refractivity contribution is 0.645. The predicted molar refractivity (Wildman–Crippen MR) is 59.4 cm³/mol. The third-order valence-electron chi connectivity index (χ3n) is 1.59. The standard InChI is InChI=1S/C10H13Br.CHN/c1-8(2)7-9-5-3-4-6-10(9)11;1-2/h3-6,8H,7H2,1-2H3;1H. The van der Waals surface area contributed by atoms with Crippen LogP contribution in [0.2, 0.25) is 0 Å². The molecule has 0 fully saturated rings. The first-order chi connectivity index (χ1) is 6.20. The van der Waals surface area contributed by atoms with Crippen molar-refractivity contribution >= 4 is 15.9 Å². The van der Waals surface area contributed by atoms with E-state index < -0.39 is 0 Å². The molecule has 1 aromatic rings. The maximum absolute atomic E-state index is 6.50. The van der Waals surface area contributed by atoms with Gasteiger partial charge in [0.05, 0.1) is 0 Å². The fraction of sp³-hybridized carbons (Fsp3) is 0.364. The molecule has 0 N–H and O–H groups in total. The summed E-state index contributed by atoms with van der Waals surface area (Å²) in [4.78, 5) is 0. The van der Waals surface area contributed by atoms with Crippen LogP contribution in [0.25, 0.3) is 0 Å². The summed E-state index contributed by atoms with van der Waals surface area (Å²) in [5.41, 5.74) is 1.41. The lowest BCUT2D eigenvalue weighted by Gasteiger charge is -2.05. The summed E-state index contributed by atoms with van der Waals surface area (Å²) >= 11 is 3.52. The smallest absolute Gasteiger partial charge is 0.0462 e. The van der Waals surface area contributed by atoms with Gasteiger partial charge in [0.2, 0.25) is 0 Å². The van der Waals surface area contributed by atoms with Crippen molar-refractivity contribution in [3.8, 4) is 6.57 Å². The van der Waals surface area contributed by atoms with Gasteiger partial charge in [-0.1, -0.05) is 48.0 Å². The van der Waals surface area contributed by atoms with Crippen molar-refractivity contribution in [2.45, 2.75) is 20.3 Å². The third-order valence-corrected chi connectivity index (χ3v) is 2.36. The molecule has 1 aromatic carbocycles. The van der Waals surface area contributed by atoms with Gasteiger partial charge >= 0.3 is 0 Å². The van der Waals surface area contributed by atoms with Crippen molar-refractivity contribution in [2.24, 2.45) is 5.92 Å². The van der Waals surface area contributed by atoms with E-state index in [9.17, 15) is 0 Å². The zero-order valence-corrected chi connectivity index (χ0v) is 9.58. The SMILES string of the molecule is C#N.CC(C)Cc1ccccc1Br. The molecule has 0 atom stereocenters. The van der Waals surface area contributed by atoms with Crippen molar-refractivity contribution in [1.82, 2.24) is 0 Å². The highest BCUT2D eigenvalue weighted by molar-refractivity contribution is 9.10. The van der Waals surface area contributed by atoms with Gasteiger partial charge in [0.1, 0.15) is 0 Å². The minimum atomic E-state index is 0.730. The quantitative estimate of drug-likeness (QED) is 0.771. The lowest BCUT2D eigenvalue weighted by atomic mass is 10.0. The Hall–Kier alpha value is -0.810. The van der Waals surface area contributed by atoms with Crippen LogP contribution in [0.1, 0.15) is 19.4 Å². The van der Waals surface area contributed by atoms with Gasteiger partial charge in [0, 0.05) is 11.0 Å². The van der Waals surface area contributed by atoms with E-state index in [1.54, 1.807) is 0 Å². The van der Waals surface area contributed by atoms with E-state index >= 15 is 0 Å². The summed E-state index contributed by atoms with van der Waals surface area (Å²) in [6, 6.07) is 8.40. The van der Waals surface area contributed by atoms with E-state index in [0.717, 1.165) is 12.3 Å². The van der Waals surface area contributed by atoms with Gasteiger partial charge in [-0.15, -0.1) is 0 Å². The Balaban J connectivity index is 0.000000671. The summed E-state index contributed by atoms with van der Waals surface area (Å²) in [6.07, 6.45) is 1.15. The second kappa shape index (κ2) is 6.68. The molecule has 0 aromatic heterocycles. The van der Waals surface area contributed by atoms with Crippen molar-refractivity contribution in [3.63, 3.8) is 0 Å². The van der Waals surface area contributed by atoms with E-state index in [1.165, 1.54) is 10.0 Å². The van der Waals surface area contributed by atoms with Gasteiger partial charge in [-0.05, 0) is 24.0 Å². The monoisotopic (exact) mass is 239 g/mol. The molecule has 0 bridgehead atoms. The molecule has 13 heavy (non-hydrogen) atoms. The van der Waals surface area contributed by atoms with Gasteiger partial charge in [-0.2, -0.15) is 0 Å². The summed E-state index contributed by atoms with van der Waals surface area (Å²) in [5.74, 6) is 0.730. The molecule has 0 unspecified atom stereocenters. The second-order valence-corrected chi connectivity index (χ2v) is 4.04. The molecule has 1 rings (SSSR count). The molecular formula is C11H14BrN. The molecule has 0 aliphatic carbocycles. The van der Waals surface area contributed by atoms with Gasteiger partial charge < -0.3 is 0 Å². The van der Waals surface area contributed by atoms with Crippen LogP contribution in [0, 0.1) is 17.8 Å². The average Bonchev–Trinajstić information content (AvgIpc) is 2.12. The normalized spacial score (nSPS) is 9.08. The lowest BCUT2D eigenvalue weighted by Crippen LogP contribution is -1.94. The highest BCUT2D eigenvalue weighted by atomic mass is 79.9. The van der Waals surface area contributed by atoms with Gasteiger partial charge in [0.25, 0.3) is 0 Å². The Kier molecular flexibility index (Phi) is 6.26. The zero-order chi connectivity index (χ0) is 10.3. The Morgan fingerprint density at radius 1 is 1.31 bits per heavy atom. The van der Waals surface area contributed by atoms with Gasteiger partial charge in [0.15, 0.2) is 0 Å². The topological polar surface area (TPSA) is 23.8 Å². The van der Waals surface area contributed by atoms with Crippen LogP contribution in [0.4, 0.5) is 0 Å². The molecule has 0 saturated carbocycles. The number of halogens is 1. The highest BCUT2D eigenvalue weighted by Gasteiger charge is 2.00. The second-order valence-electron chi connectivity index (χ2n) is 3.19. The Labute approximate surface area is 88.5 Å². The third kappa shape index (κ3) is 4.69. The fourth-order valence-electron chi connectivity index (χ4n) is 1.10. The summed E-state index contributed by atoms with van der Waals surface area (Å²) in [6.45, 7) is 7.97. The first-order valence-corrected chi connectivity index (χ1v) is 4.98. The molecule has 0 amide bonds. The van der Waals surface area contributed by atoms with Crippen LogP contribution in [-0.4, -0.2) is 0 Å². The predicted octanol–water partition coefficient (Wildman–Crippen LogP) is 3.79. The number of hydrogen-bond acceptors (Lipinski definition) is 1. The van der Waals surface area contributed by atoms with Crippen molar-refractivity contribution in [1.29, 1.82) is 5.26 Å². The van der Waals surface area contributed by atoms with Crippen molar-refractivity contribution < 1.29 is 0 Å². The van der Waals surface area contributed by atoms with Crippen LogP contribution in [-0.2, 0) is 6.42 Å². The van der Waals surface area contributed by atoms with Gasteiger partial charge in [-0.25, -0.2) is 5.26 Å². The number of nitriles is 1. The van der Waals surface area contributed by atoms with Crippen molar-refractivity contribution in [2.75, 3.05) is 0 Å². The Morgan fingerprint density at radius 3 is 2.31 bits per heavy atom. The van der Waals surface area contributed by atoms with Gasteiger partial charge in [-0.3, -0.25) is 0 Å². The first-order valence-electron chi connectivity index (χ1n) is 4.19. The maximum Gasteiger partial charge on any atom is 0.0462 e. The van der Waals surface area contributed by atoms with Crippen LogP contribution < -0.4 is 0 Å². The van der Waals surface area contributed by atoms with E-state index in [4.69, 9.17) is 5.26 Å². The number of hydrogen-bond donors (Lipinski definition) is 0. The van der Waals surface area contributed by atoms with Crippen LogP contribution in [0.3, 0.4) is 0 Å². The zero-order valence-electron chi connectivity index (χ0n) is 8.00. The van der Waals surface area contributed by atoms with E-state index in [-0.39, 0.29) is 0 Å². The molecular weight excluding hydrogens is 226 g/mol. The number of rotatable bonds is 2. The average molecular weight is 240 g/mol. The summed E-state index contributed by atoms with van der Waals surface area (Å²) < 4.78 is 1.23. The number of benzene rings is 1. The van der Waals surface area contributed by atoms with Crippen LogP contribution >= 0.6 is 15.9 Å².